The monoisotopic (exact) mass is 422 g/mol. The molecule has 0 unspecified atom stereocenters. The molecule has 4 rings (SSSR count). The number of rotatable bonds is 7. The molecule has 0 spiro atoms. The Bertz CT molecular complexity index is 1060. The van der Waals surface area contributed by atoms with Gasteiger partial charge in [-0.15, -0.1) is 0 Å². The maximum Gasteiger partial charge on any atom is 0.156 e. The van der Waals surface area contributed by atoms with Crippen LogP contribution in [-0.2, 0) is 4.74 Å². The Balaban J connectivity index is 1.54. The Morgan fingerprint density at radius 2 is 1.71 bits per heavy atom. The van der Waals surface area contributed by atoms with Crippen molar-refractivity contribution < 1.29 is 13.9 Å². The molecule has 1 N–H and O–H groups in total. The highest BCUT2D eigenvalue weighted by molar-refractivity contribution is 5.85. The number of halogens is 1. The Labute approximate surface area is 184 Å². The fourth-order valence-electron chi connectivity index (χ4n) is 4.03. The standard InChI is InChI=1S/C26H31FN2O2/c1-18-16-23(27)25(28-9-6-10-29-11-13-30-14-12-29)26(20(18)3)31-24-17-22-8-5-4-7-21(22)15-19(24)2/h4-5,7-8,15-17,28H,6,9-14H2,1-3H3. The lowest BCUT2D eigenvalue weighted by Crippen LogP contribution is -2.37. The topological polar surface area (TPSA) is 33.7 Å². The van der Waals surface area contributed by atoms with Crippen molar-refractivity contribution in [3.63, 3.8) is 0 Å². The summed E-state index contributed by atoms with van der Waals surface area (Å²) in [5.74, 6) is 1.05. The Kier molecular flexibility index (Phi) is 6.73. The van der Waals surface area contributed by atoms with Gasteiger partial charge in [0, 0.05) is 19.6 Å². The lowest BCUT2D eigenvalue weighted by atomic mass is 10.1. The fraction of sp³-hybridized carbons (Fsp3) is 0.385. The van der Waals surface area contributed by atoms with Gasteiger partial charge in [-0.25, -0.2) is 4.39 Å². The first-order chi connectivity index (χ1) is 15.0. The van der Waals surface area contributed by atoms with Gasteiger partial charge in [0.25, 0.3) is 0 Å². The minimum absolute atomic E-state index is 0.275. The summed E-state index contributed by atoms with van der Waals surface area (Å²) in [5.41, 5.74) is 3.30. The molecule has 0 aliphatic carbocycles. The normalized spacial score (nSPS) is 14.7. The molecule has 0 aromatic heterocycles. The maximum atomic E-state index is 15.0. The number of nitrogens with zero attached hydrogens (tertiary/aromatic N) is 1. The first kappa shape index (κ1) is 21.6. The highest BCUT2D eigenvalue weighted by Gasteiger charge is 2.18. The lowest BCUT2D eigenvalue weighted by molar-refractivity contribution is 0.0378. The molecule has 0 saturated carbocycles. The average Bonchev–Trinajstić information content (AvgIpc) is 2.77. The van der Waals surface area contributed by atoms with Crippen LogP contribution >= 0.6 is 0 Å². The van der Waals surface area contributed by atoms with E-state index in [0.29, 0.717) is 18.0 Å². The van der Waals surface area contributed by atoms with Crippen molar-refractivity contribution in [2.24, 2.45) is 0 Å². The van der Waals surface area contributed by atoms with Crippen molar-refractivity contribution in [2.75, 3.05) is 44.7 Å². The zero-order valence-electron chi connectivity index (χ0n) is 18.6. The molecule has 3 aromatic carbocycles. The summed E-state index contributed by atoms with van der Waals surface area (Å²) < 4.78 is 26.7. The van der Waals surface area contributed by atoms with E-state index in [1.807, 2.05) is 39.0 Å². The van der Waals surface area contributed by atoms with E-state index in [-0.39, 0.29) is 5.82 Å². The van der Waals surface area contributed by atoms with Gasteiger partial charge in [-0.05, 0) is 79.4 Å². The van der Waals surface area contributed by atoms with Crippen molar-refractivity contribution >= 4 is 16.5 Å². The molecule has 1 saturated heterocycles. The molecule has 0 amide bonds. The molecular formula is C26H31FN2O2. The van der Waals surface area contributed by atoms with Crippen LogP contribution in [0.2, 0.25) is 0 Å². The summed E-state index contributed by atoms with van der Waals surface area (Å²) in [7, 11) is 0. The summed E-state index contributed by atoms with van der Waals surface area (Å²) in [4.78, 5) is 2.39. The van der Waals surface area contributed by atoms with Gasteiger partial charge in [-0.1, -0.05) is 24.3 Å². The molecule has 0 bridgehead atoms. The van der Waals surface area contributed by atoms with Crippen LogP contribution in [0.25, 0.3) is 10.8 Å². The summed E-state index contributed by atoms with van der Waals surface area (Å²) in [6.45, 7) is 11.1. The minimum Gasteiger partial charge on any atom is -0.454 e. The van der Waals surface area contributed by atoms with Crippen molar-refractivity contribution in [1.29, 1.82) is 0 Å². The zero-order chi connectivity index (χ0) is 21.8. The van der Waals surface area contributed by atoms with Gasteiger partial charge in [0.2, 0.25) is 0 Å². The molecule has 1 aliphatic rings. The third-order valence-corrected chi connectivity index (χ3v) is 6.05. The third-order valence-electron chi connectivity index (χ3n) is 6.05. The second-order valence-electron chi connectivity index (χ2n) is 8.31. The summed E-state index contributed by atoms with van der Waals surface area (Å²) in [6.07, 6.45) is 0.931. The number of morpholine rings is 1. The van der Waals surface area contributed by atoms with E-state index in [9.17, 15) is 4.39 Å². The molecule has 5 heteroatoms. The Morgan fingerprint density at radius 1 is 1.00 bits per heavy atom. The van der Waals surface area contributed by atoms with Crippen LogP contribution in [0, 0.1) is 26.6 Å². The molecule has 1 aliphatic heterocycles. The molecule has 3 aromatic rings. The molecule has 0 atom stereocenters. The quantitative estimate of drug-likeness (QED) is 0.486. The van der Waals surface area contributed by atoms with Gasteiger partial charge in [0.05, 0.1) is 13.2 Å². The molecular weight excluding hydrogens is 391 g/mol. The van der Waals surface area contributed by atoms with Crippen LogP contribution in [-0.4, -0.2) is 44.3 Å². The van der Waals surface area contributed by atoms with Crippen LogP contribution in [0.5, 0.6) is 11.5 Å². The van der Waals surface area contributed by atoms with E-state index in [1.165, 1.54) is 5.39 Å². The highest BCUT2D eigenvalue weighted by Crippen LogP contribution is 2.39. The number of aryl methyl sites for hydroxylation is 2. The molecule has 31 heavy (non-hydrogen) atoms. The molecule has 1 fully saturated rings. The van der Waals surface area contributed by atoms with Gasteiger partial charge in [0.1, 0.15) is 17.3 Å². The van der Waals surface area contributed by atoms with E-state index in [4.69, 9.17) is 9.47 Å². The van der Waals surface area contributed by atoms with Crippen molar-refractivity contribution in [1.82, 2.24) is 4.90 Å². The highest BCUT2D eigenvalue weighted by atomic mass is 19.1. The van der Waals surface area contributed by atoms with E-state index in [0.717, 1.165) is 67.1 Å². The molecule has 4 nitrogen and oxygen atoms in total. The first-order valence-corrected chi connectivity index (χ1v) is 11.0. The number of fused-ring (bicyclic) bond motifs is 1. The van der Waals surface area contributed by atoms with Crippen LogP contribution in [0.3, 0.4) is 0 Å². The number of benzene rings is 3. The third kappa shape index (κ3) is 5.00. The predicted molar refractivity (Wildman–Crippen MR) is 125 cm³/mol. The van der Waals surface area contributed by atoms with Crippen molar-refractivity contribution in [3.05, 3.63) is 65.0 Å². The Morgan fingerprint density at radius 3 is 2.45 bits per heavy atom. The summed E-state index contributed by atoms with van der Waals surface area (Å²) in [5, 5.41) is 5.58. The maximum absolute atomic E-state index is 15.0. The van der Waals surface area contributed by atoms with Gasteiger partial charge in [-0.2, -0.15) is 0 Å². The van der Waals surface area contributed by atoms with Gasteiger partial charge in [-0.3, -0.25) is 4.90 Å². The number of hydrogen-bond acceptors (Lipinski definition) is 4. The number of nitrogens with one attached hydrogen (secondary N) is 1. The van der Waals surface area contributed by atoms with Gasteiger partial charge >= 0.3 is 0 Å². The van der Waals surface area contributed by atoms with Crippen molar-refractivity contribution in [3.8, 4) is 11.5 Å². The van der Waals surface area contributed by atoms with Crippen molar-refractivity contribution in [2.45, 2.75) is 27.2 Å². The SMILES string of the molecule is Cc1cc2ccccc2cc1Oc1c(C)c(C)cc(F)c1NCCCN1CCOCC1. The number of hydrogen-bond donors (Lipinski definition) is 1. The van der Waals surface area contributed by atoms with Gasteiger partial charge < -0.3 is 14.8 Å². The Hall–Kier alpha value is -2.63. The van der Waals surface area contributed by atoms with Gasteiger partial charge in [0.15, 0.2) is 5.75 Å². The molecule has 0 radical (unpaired) electrons. The van der Waals surface area contributed by atoms with E-state index >= 15 is 0 Å². The zero-order valence-corrected chi connectivity index (χ0v) is 18.6. The fourth-order valence-corrected chi connectivity index (χ4v) is 4.03. The van der Waals surface area contributed by atoms with E-state index in [1.54, 1.807) is 6.07 Å². The first-order valence-electron chi connectivity index (χ1n) is 11.0. The lowest BCUT2D eigenvalue weighted by Gasteiger charge is -2.26. The molecule has 164 valence electrons. The second kappa shape index (κ2) is 9.67. The summed E-state index contributed by atoms with van der Waals surface area (Å²) in [6, 6.07) is 13.9. The van der Waals surface area contributed by atoms with Crippen LogP contribution in [0.1, 0.15) is 23.1 Å². The van der Waals surface area contributed by atoms with E-state index < -0.39 is 0 Å². The minimum atomic E-state index is -0.275. The largest absolute Gasteiger partial charge is 0.454 e. The van der Waals surface area contributed by atoms with Crippen LogP contribution in [0.15, 0.2) is 42.5 Å². The summed E-state index contributed by atoms with van der Waals surface area (Å²) >= 11 is 0. The average molecular weight is 423 g/mol. The number of anilines is 1. The molecule has 1 heterocycles. The van der Waals surface area contributed by atoms with Crippen LogP contribution in [0.4, 0.5) is 10.1 Å². The van der Waals surface area contributed by atoms with Crippen LogP contribution < -0.4 is 10.1 Å². The number of ether oxygens (including phenoxy) is 2. The second-order valence-corrected chi connectivity index (χ2v) is 8.31. The predicted octanol–water partition coefficient (Wildman–Crippen LogP) is 5.83. The van der Waals surface area contributed by atoms with E-state index in [2.05, 4.69) is 28.4 Å². The smallest absolute Gasteiger partial charge is 0.156 e.